The molecule has 1 aromatic heterocycles. The van der Waals surface area contributed by atoms with Crippen LogP contribution in [-0.2, 0) is 10.0 Å². The molecule has 0 saturated carbocycles. The predicted octanol–water partition coefficient (Wildman–Crippen LogP) is 1.29. The summed E-state index contributed by atoms with van der Waals surface area (Å²) < 4.78 is 25.0. The van der Waals surface area contributed by atoms with E-state index in [1.54, 1.807) is 36.5 Å². The summed E-state index contributed by atoms with van der Waals surface area (Å²) in [5, 5.41) is 0. The highest BCUT2D eigenvalue weighted by Crippen LogP contribution is 2.20. The zero-order valence-electron chi connectivity index (χ0n) is 10.6. The van der Waals surface area contributed by atoms with Gasteiger partial charge in [0.15, 0.2) is 0 Å². The van der Waals surface area contributed by atoms with Crippen LogP contribution in [0.15, 0.2) is 52.3 Å². The Kier molecular flexibility index (Phi) is 3.55. The maximum absolute atomic E-state index is 11.9. The molecule has 100 valence electrons. The van der Waals surface area contributed by atoms with Gasteiger partial charge in [0, 0.05) is 26.4 Å². The van der Waals surface area contributed by atoms with Crippen LogP contribution in [0.1, 0.15) is 0 Å². The third kappa shape index (κ3) is 2.74. The Bertz CT molecular complexity index is 711. The van der Waals surface area contributed by atoms with Crippen LogP contribution in [0.5, 0.6) is 0 Å². The van der Waals surface area contributed by atoms with E-state index in [2.05, 4.69) is 4.98 Å². The minimum atomic E-state index is -3.41. The van der Waals surface area contributed by atoms with Crippen molar-refractivity contribution < 1.29 is 8.42 Å². The summed E-state index contributed by atoms with van der Waals surface area (Å²) in [7, 11) is -0.425. The summed E-state index contributed by atoms with van der Waals surface area (Å²) >= 11 is 0. The molecule has 1 aromatic carbocycles. The molecular formula is C13H14N2O3S. The van der Waals surface area contributed by atoms with Crippen LogP contribution < -0.4 is 5.56 Å². The maximum atomic E-state index is 11.9. The van der Waals surface area contributed by atoms with E-state index in [1.165, 1.54) is 24.5 Å². The lowest BCUT2D eigenvalue weighted by Crippen LogP contribution is -2.22. The van der Waals surface area contributed by atoms with Crippen molar-refractivity contribution in [1.82, 2.24) is 9.29 Å². The van der Waals surface area contributed by atoms with Gasteiger partial charge < -0.3 is 4.98 Å². The van der Waals surface area contributed by atoms with Gasteiger partial charge in [-0.15, -0.1) is 0 Å². The summed E-state index contributed by atoms with van der Waals surface area (Å²) in [5.74, 6) is 0. The molecule has 2 rings (SSSR count). The molecule has 1 N–H and O–H groups in total. The van der Waals surface area contributed by atoms with Crippen LogP contribution in [0.2, 0.25) is 0 Å². The van der Waals surface area contributed by atoms with Gasteiger partial charge in [-0.25, -0.2) is 12.7 Å². The first kappa shape index (κ1) is 13.5. The van der Waals surface area contributed by atoms with Gasteiger partial charge in [0.25, 0.3) is 0 Å². The standard InChI is InChI=1S/C13H14N2O3S/c1-15(2)19(17,18)12-6-3-10(4-7-12)11-5-8-13(16)14-9-11/h3-9H,1-2H3,(H,14,16). The molecular weight excluding hydrogens is 264 g/mol. The fourth-order valence-corrected chi connectivity index (χ4v) is 2.52. The van der Waals surface area contributed by atoms with Crippen LogP contribution in [0.25, 0.3) is 11.1 Å². The number of benzene rings is 1. The molecule has 0 amide bonds. The zero-order chi connectivity index (χ0) is 14.0. The second-order valence-electron chi connectivity index (χ2n) is 4.25. The third-order valence-electron chi connectivity index (χ3n) is 2.75. The lowest BCUT2D eigenvalue weighted by atomic mass is 10.1. The molecule has 0 unspecified atom stereocenters. The Morgan fingerprint density at radius 1 is 0.947 bits per heavy atom. The molecule has 0 aliphatic heterocycles. The molecule has 6 heteroatoms. The SMILES string of the molecule is CN(C)S(=O)(=O)c1ccc(-c2ccc(=O)[nH]c2)cc1. The van der Waals surface area contributed by atoms with Crippen molar-refractivity contribution in [3.8, 4) is 11.1 Å². The summed E-state index contributed by atoms with van der Waals surface area (Å²) in [4.78, 5) is 13.8. The van der Waals surface area contributed by atoms with Crippen LogP contribution in [0.4, 0.5) is 0 Å². The minimum absolute atomic E-state index is 0.171. The lowest BCUT2D eigenvalue weighted by molar-refractivity contribution is 0.521. The first-order valence-electron chi connectivity index (χ1n) is 5.63. The van der Waals surface area contributed by atoms with Gasteiger partial charge in [-0.3, -0.25) is 4.79 Å². The summed E-state index contributed by atoms with van der Waals surface area (Å²) in [6.07, 6.45) is 1.60. The van der Waals surface area contributed by atoms with E-state index in [4.69, 9.17) is 0 Å². The van der Waals surface area contributed by atoms with Gasteiger partial charge in [0.05, 0.1) is 4.90 Å². The molecule has 0 spiro atoms. The Hall–Kier alpha value is -1.92. The van der Waals surface area contributed by atoms with Crippen molar-refractivity contribution in [2.45, 2.75) is 4.90 Å². The van der Waals surface area contributed by atoms with Crippen LogP contribution in [0, 0.1) is 0 Å². The Morgan fingerprint density at radius 3 is 2.00 bits per heavy atom. The smallest absolute Gasteiger partial charge is 0.247 e. The Morgan fingerprint density at radius 2 is 1.53 bits per heavy atom. The number of hydrogen-bond acceptors (Lipinski definition) is 3. The maximum Gasteiger partial charge on any atom is 0.247 e. The first-order valence-corrected chi connectivity index (χ1v) is 7.07. The highest BCUT2D eigenvalue weighted by molar-refractivity contribution is 7.89. The second kappa shape index (κ2) is 4.99. The number of pyridine rings is 1. The number of nitrogens with one attached hydrogen (secondary N) is 1. The Balaban J connectivity index is 2.39. The molecule has 2 aromatic rings. The second-order valence-corrected chi connectivity index (χ2v) is 6.41. The van der Waals surface area contributed by atoms with Crippen LogP contribution in [-0.4, -0.2) is 31.8 Å². The summed E-state index contributed by atoms with van der Waals surface area (Å²) in [5.41, 5.74) is 1.50. The van der Waals surface area contributed by atoms with Gasteiger partial charge >= 0.3 is 0 Å². The average molecular weight is 278 g/mol. The molecule has 0 atom stereocenters. The largest absolute Gasteiger partial charge is 0.328 e. The highest BCUT2D eigenvalue weighted by Gasteiger charge is 2.16. The average Bonchev–Trinajstić information content (AvgIpc) is 2.39. The van der Waals surface area contributed by atoms with E-state index in [1.807, 2.05) is 0 Å². The van der Waals surface area contributed by atoms with Crippen molar-refractivity contribution in [2.24, 2.45) is 0 Å². The van der Waals surface area contributed by atoms with Crippen molar-refractivity contribution in [3.63, 3.8) is 0 Å². The van der Waals surface area contributed by atoms with Crippen molar-refractivity contribution in [2.75, 3.05) is 14.1 Å². The molecule has 0 saturated heterocycles. The van der Waals surface area contributed by atoms with E-state index in [9.17, 15) is 13.2 Å². The first-order chi connectivity index (χ1) is 8.91. The van der Waals surface area contributed by atoms with E-state index in [-0.39, 0.29) is 10.5 Å². The van der Waals surface area contributed by atoms with Crippen molar-refractivity contribution >= 4 is 10.0 Å². The van der Waals surface area contributed by atoms with Gasteiger partial charge in [0.2, 0.25) is 15.6 Å². The van der Waals surface area contributed by atoms with Crippen LogP contribution >= 0.6 is 0 Å². The quantitative estimate of drug-likeness (QED) is 0.919. The number of aromatic amines is 1. The molecule has 19 heavy (non-hydrogen) atoms. The van der Waals surface area contributed by atoms with Crippen molar-refractivity contribution in [1.29, 1.82) is 0 Å². The van der Waals surface area contributed by atoms with Gasteiger partial charge in [0.1, 0.15) is 0 Å². The van der Waals surface area contributed by atoms with E-state index in [0.717, 1.165) is 11.1 Å². The van der Waals surface area contributed by atoms with Crippen molar-refractivity contribution in [3.05, 3.63) is 52.9 Å². The number of sulfonamides is 1. The van der Waals surface area contributed by atoms with E-state index in [0.29, 0.717) is 0 Å². The number of rotatable bonds is 3. The fraction of sp³-hybridized carbons (Fsp3) is 0.154. The summed E-state index contributed by atoms with van der Waals surface area (Å²) in [6.45, 7) is 0. The molecule has 0 fully saturated rings. The predicted molar refractivity (Wildman–Crippen MR) is 73.4 cm³/mol. The number of H-pyrrole nitrogens is 1. The van der Waals surface area contributed by atoms with Gasteiger partial charge in [-0.2, -0.15) is 0 Å². The topological polar surface area (TPSA) is 70.2 Å². The van der Waals surface area contributed by atoms with Gasteiger partial charge in [-0.1, -0.05) is 12.1 Å². The monoisotopic (exact) mass is 278 g/mol. The third-order valence-corrected chi connectivity index (χ3v) is 4.58. The molecule has 0 bridgehead atoms. The zero-order valence-corrected chi connectivity index (χ0v) is 11.4. The minimum Gasteiger partial charge on any atom is -0.328 e. The Labute approximate surface area is 111 Å². The summed E-state index contributed by atoms with van der Waals surface area (Å²) in [6, 6.07) is 9.65. The normalized spacial score (nSPS) is 11.7. The highest BCUT2D eigenvalue weighted by atomic mass is 32.2. The molecule has 1 heterocycles. The number of nitrogens with zero attached hydrogens (tertiary/aromatic N) is 1. The lowest BCUT2D eigenvalue weighted by Gasteiger charge is -2.11. The molecule has 0 radical (unpaired) electrons. The number of aromatic nitrogens is 1. The van der Waals surface area contributed by atoms with E-state index >= 15 is 0 Å². The fourth-order valence-electron chi connectivity index (χ4n) is 1.62. The van der Waals surface area contributed by atoms with E-state index < -0.39 is 10.0 Å². The molecule has 5 nitrogen and oxygen atoms in total. The molecule has 0 aliphatic rings. The van der Waals surface area contributed by atoms with Crippen LogP contribution in [0.3, 0.4) is 0 Å². The van der Waals surface area contributed by atoms with Gasteiger partial charge in [-0.05, 0) is 29.3 Å². The number of hydrogen-bond donors (Lipinski definition) is 1. The molecule has 0 aliphatic carbocycles.